The molecule has 3 aromatic rings. The van der Waals surface area contributed by atoms with Gasteiger partial charge in [-0.25, -0.2) is 14.3 Å². The van der Waals surface area contributed by atoms with Crippen molar-refractivity contribution in [2.24, 2.45) is 5.92 Å². The fourth-order valence-corrected chi connectivity index (χ4v) is 6.97. The molecule has 2 heterocycles. The van der Waals surface area contributed by atoms with Crippen LogP contribution in [0.5, 0.6) is 5.75 Å². The second kappa shape index (κ2) is 12.3. The van der Waals surface area contributed by atoms with Gasteiger partial charge in [0.15, 0.2) is 0 Å². The molecule has 38 heavy (non-hydrogen) atoms. The molecule has 0 amide bonds. The molecule has 2 aromatic carbocycles. The maximum atomic E-state index is 14.0. The summed E-state index contributed by atoms with van der Waals surface area (Å²) in [5.74, 6) is -0.105. The van der Waals surface area contributed by atoms with Crippen molar-refractivity contribution in [2.75, 3.05) is 18.9 Å². The van der Waals surface area contributed by atoms with Crippen molar-refractivity contribution in [3.05, 3.63) is 59.3 Å². The Bertz CT molecular complexity index is 1380. The molecule has 0 radical (unpaired) electrons. The summed E-state index contributed by atoms with van der Waals surface area (Å²) in [4.78, 5) is 32.3. The summed E-state index contributed by atoms with van der Waals surface area (Å²) in [5, 5.41) is 4.13. The molecule has 1 saturated heterocycles. The highest BCUT2D eigenvalue weighted by Crippen LogP contribution is 2.49. The normalized spacial score (nSPS) is 19.8. The molecule has 1 aromatic heterocycles. The number of ether oxygens (including phenoxy) is 1. The van der Waals surface area contributed by atoms with Gasteiger partial charge in [-0.05, 0) is 37.1 Å². The van der Waals surface area contributed by atoms with Crippen LogP contribution in [0.15, 0.2) is 53.6 Å². The summed E-state index contributed by atoms with van der Waals surface area (Å²) < 4.78 is 32.6. The van der Waals surface area contributed by atoms with Gasteiger partial charge >= 0.3 is 19.4 Å². The molecule has 0 bridgehead atoms. The number of hydrogen-bond donors (Lipinski definition) is 2. The second-order valence-corrected chi connectivity index (χ2v) is 12.6. The maximum Gasteiger partial charge on any atom is 0.459 e. The Kier molecular flexibility index (Phi) is 9.09. The van der Waals surface area contributed by atoms with Gasteiger partial charge in [-0.3, -0.25) is 13.9 Å². The minimum atomic E-state index is -4.04. The van der Waals surface area contributed by atoms with Crippen LogP contribution in [0.4, 0.5) is 5.95 Å². The van der Waals surface area contributed by atoms with Gasteiger partial charge in [0, 0.05) is 10.6 Å². The number of nitrogen functional groups attached to an aromatic ring is 1. The third kappa shape index (κ3) is 7.13. The maximum absolute atomic E-state index is 14.0. The van der Waals surface area contributed by atoms with Crippen molar-refractivity contribution in [3.8, 4) is 5.75 Å². The van der Waals surface area contributed by atoms with Crippen LogP contribution < -0.4 is 21.0 Å². The van der Waals surface area contributed by atoms with Crippen molar-refractivity contribution in [1.82, 2.24) is 19.6 Å². The van der Waals surface area contributed by atoms with E-state index in [9.17, 15) is 14.2 Å². The molecule has 4 rings (SSSR count). The van der Waals surface area contributed by atoms with Gasteiger partial charge in [0.1, 0.15) is 18.1 Å². The Balaban J connectivity index is 1.49. The number of aromatic nitrogens is 3. The lowest BCUT2D eigenvalue weighted by atomic mass is 10.1. The first-order chi connectivity index (χ1) is 18.1. The van der Waals surface area contributed by atoms with Crippen molar-refractivity contribution in [2.45, 2.75) is 50.3 Å². The van der Waals surface area contributed by atoms with E-state index in [4.69, 9.17) is 19.5 Å². The summed E-state index contributed by atoms with van der Waals surface area (Å²) >= 11 is 1.49. The Morgan fingerprint density at radius 1 is 1.21 bits per heavy atom. The van der Waals surface area contributed by atoms with Crippen LogP contribution in [0.3, 0.4) is 0 Å². The number of rotatable bonds is 11. The summed E-state index contributed by atoms with van der Waals surface area (Å²) in [6.45, 7) is 5.72. The molecule has 11 nitrogen and oxygen atoms in total. The number of esters is 1. The lowest BCUT2D eigenvalue weighted by molar-refractivity contribution is -0.146. The van der Waals surface area contributed by atoms with E-state index in [2.05, 4.69) is 15.1 Å². The Hall–Kier alpha value is -2.92. The Labute approximate surface area is 225 Å². The number of carbonyl (C=O) groups excluding carboxylic acids is 1. The van der Waals surface area contributed by atoms with Crippen molar-refractivity contribution in [3.63, 3.8) is 0 Å². The molecular weight excluding hydrogens is 529 g/mol. The molecule has 1 aliphatic heterocycles. The lowest BCUT2D eigenvalue weighted by Crippen LogP contribution is -2.36. The summed E-state index contributed by atoms with van der Waals surface area (Å²) in [5.41, 5.74) is 5.02. The molecule has 1 aliphatic rings. The number of thioether (sulfide) groups is 1. The third-order valence-corrected chi connectivity index (χ3v) is 8.97. The number of anilines is 1. The highest BCUT2D eigenvalue weighted by molar-refractivity contribution is 8.00. The molecular formula is C25H32N5O6PS. The summed E-state index contributed by atoms with van der Waals surface area (Å²) in [6, 6.07) is 12.0. The number of carbonyl (C=O) groups is 1. The highest BCUT2D eigenvalue weighted by Gasteiger charge is 2.36. The van der Waals surface area contributed by atoms with E-state index in [0.29, 0.717) is 18.6 Å². The van der Waals surface area contributed by atoms with Crippen LogP contribution in [0.1, 0.15) is 39.0 Å². The van der Waals surface area contributed by atoms with Crippen LogP contribution >= 0.6 is 19.5 Å². The molecule has 4 atom stereocenters. The first-order valence-corrected chi connectivity index (χ1v) is 14.8. The van der Waals surface area contributed by atoms with Gasteiger partial charge in [0.25, 0.3) is 0 Å². The molecule has 3 N–H and O–H groups in total. The molecule has 0 spiro atoms. The molecule has 0 saturated carbocycles. The second-order valence-electron chi connectivity index (χ2n) is 9.43. The predicted octanol–water partition coefficient (Wildman–Crippen LogP) is 4.15. The van der Waals surface area contributed by atoms with E-state index in [1.54, 1.807) is 19.1 Å². The fourth-order valence-electron chi connectivity index (χ4n) is 3.91. The number of hydrogen-bond acceptors (Lipinski definition) is 10. The first-order valence-electron chi connectivity index (χ1n) is 12.4. The van der Waals surface area contributed by atoms with Gasteiger partial charge in [0.05, 0.1) is 18.6 Å². The van der Waals surface area contributed by atoms with E-state index >= 15 is 0 Å². The van der Waals surface area contributed by atoms with Crippen molar-refractivity contribution >= 4 is 42.2 Å². The highest BCUT2D eigenvalue weighted by atomic mass is 32.2. The average molecular weight is 562 g/mol. The van der Waals surface area contributed by atoms with Crippen LogP contribution in [0.25, 0.3) is 10.8 Å². The quantitative estimate of drug-likeness (QED) is 0.257. The van der Waals surface area contributed by atoms with Crippen LogP contribution in [0.2, 0.25) is 0 Å². The number of nitrogens with zero attached hydrogens (tertiary/aromatic N) is 3. The Morgan fingerprint density at radius 3 is 2.74 bits per heavy atom. The molecule has 0 aliphatic carbocycles. The number of nitrogens with one attached hydrogen (secondary N) is 1. The monoisotopic (exact) mass is 561 g/mol. The zero-order valence-electron chi connectivity index (χ0n) is 21.5. The van der Waals surface area contributed by atoms with E-state index < -0.39 is 25.4 Å². The third-order valence-electron chi connectivity index (χ3n) is 5.80. The lowest BCUT2D eigenvalue weighted by Gasteiger charge is -2.24. The van der Waals surface area contributed by atoms with Gasteiger partial charge in [0.2, 0.25) is 5.95 Å². The van der Waals surface area contributed by atoms with Gasteiger partial charge < -0.3 is 15.0 Å². The largest absolute Gasteiger partial charge is 0.464 e. The van der Waals surface area contributed by atoms with E-state index in [1.807, 2.05) is 44.2 Å². The van der Waals surface area contributed by atoms with Gasteiger partial charge in [-0.1, -0.05) is 50.2 Å². The SMILES string of the molecule is CC(C)COC(=O)[C@H](C)NP(=O)(OC[C@@H]1CC[C@H](n2cnc(N)nc2=O)S1)Oc1cccc2ccccc12. The van der Waals surface area contributed by atoms with Gasteiger partial charge in [-0.15, -0.1) is 11.8 Å². The number of benzene rings is 2. The number of nitrogens with two attached hydrogens (primary N) is 1. The molecule has 1 unspecified atom stereocenters. The van der Waals surface area contributed by atoms with E-state index in [0.717, 1.165) is 10.8 Å². The van der Waals surface area contributed by atoms with Crippen molar-refractivity contribution < 1.29 is 23.1 Å². The average Bonchev–Trinajstić information content (AvgIpc) is 3.35. The summed E-state index contributed by atoms with van der Waals surface area (Å²) in [7, 11) is -4.04. The summed E-state index contributed by atoms with van der Waals surface area (Å²) in [6.07, 6.45) is 2.75. The molecule has 1 fully saturated rings. The smallest absolute Gasteiger partial charge is 0.459 e. The van der Waals surface area contributed by atoms with Crippen LogP contribution in [-0.4, -0.2) is 45.0 Å². The zero-order valence-corrected chi connectivity index (χ0v) is 23.2. The minimum Gasteiger partial charge on any atom is -0.464 e. The van der Waals surface area contributed by atoms with E-state index in [1.165, 1.54) is 22.7 Å². The van der Waals surface area contributed by atoms with Crippen molar-refractivity contribution in [1.29, 1.82) is 0 Å². The topological polar surface area (TPSA) is 148 Å². The molecule has 13 heteroatoms. The fraction of sp³-hybridized carbons (Fsp3) is 0.440. The van der Waals surface area contributed by atoms with E-state index in [-0.39, 0.29) is 35.7 Å². The minimum absolute atomic E-state index is 0.0640. The predicted molar refractivity (Wildman–Crippen MR) is 147 cm³/mol. The zero-order chi connectivity index (χ0) is 27.3. The number of fused-ring (bicyclic) bond motifs is 1. The van der Waals surface area contributed by atoms with Crippen LogP contribution in [-0.2, 0) is 18.6 Å². The standard InChI is InChI=1S/C25H32N5O6PS/c1-16(2)13-34-23(31)17(3)29-37(33,36-21-10-6-8-18-7-4-5-9-20(18)21)35-14-19-11-12-22(38-19)30-15-27-24(26)28-25(30)32/h4-10,15-17,19,22H,11-14H2,1-3H3,(H,29,33)(H2,26,28,32)/t17-,19-,22+,37?/m0/s1. The van der Waals surface area contributed by atoms with Gasteiger partial charge in [-0.2, -0.15) is 10.1 Å². The van der Waals surface area contributed by atoms with Crippen LogP contribution in [0, 0.1) is 5.92 Å². The Morgan fingerprint density at radius 2 is 1.97 bits per heavy atom. The first kappa shape index (κ1) is 28.1. The molecule has 204 valence electrons.